The molecule has 2 N–H and O–H groups in total. The molecule has 12 heteroatoms. The fraction of sp³-hybridized carbons (Fsp3) is 0.438. The van der Waals surface area contributed by atoms with Crippen LogP contribution in [0.5, 0.6) is 0 Å². The zero-order valence-corrected chi connectivity index (χ0v) is 26.6. The molecule has 2 aliphatic rings. The van der Waals surface area contributed by atoms with E-state index in [0.29, 0.717) is 31.4 Å². The van der Waals surface area contributed by atoms with Crippen LogP contribution >= 0.6 is 11.6 Å². The molecule has 3 amide bonds. The first-order valence-corrected chi connectivity index (χ1v) is 16.5. The SMILES string of the molecule is CC(C)(C)OC(=O)NCCCCCC(=O)NC1C(=O)N2C(C(=O)OC(c3ccccc3)c3ccccc3)=C(CCl)CS(=O)C12. The lowest BCUT2D eigenvalue weighted by Crippen LogP contribution is -2.73. The molecule has 10 nitrogen and oxygen atoms in total. The lowest BCUT2D eigenvalue weighted by atomic mass is 10.0. The predicted octanol–water partition coefficient (Wildman–Crippen LogP) is 4.31. The summed E-state index contributed by atoms with van der Waals surface area (Å²) >= 11 is 6.16. The number of β-lactam (4-membered cyclic amide) rings is 1. The Kier molecular flexibility index (Phi) is 11.2. The Morgan fingerprint density at radius 3 is 2.18 bits per heavy atom. The number of esters is 1. The zero-order valence-electron chi connectivity index (χ0n) is 25.0. The molecule has 4 rings (SSSR count). The van der Waals surface area contributed by atoms with Crippen molar-refractivity contribution in [3.05, 3.63) is 83.1 Å². The van der Waals surface area contributed by atoms with E-state index in [1.54, 1.807) is 20.8 Å². The monoisotopic (exact) mass is 643 g/mol. The quantitative estimate of drug-likeness (QED) is 0.153. The first-order valence-electron chi connectivity index (χ1n) is 14.6. The van der Waals surface area contributed by atoms with Crippen molar-refractivity contribution in [1.29, 1.82) is 0 Å². The number of rotatable bonds is 12. The molecule has 0 saturated carbocycles. The van der Waals surface area contributed by atoms with Crippen LogP contribution in [0.1, 0.15) is 63.7 Å². The Hall–Kier alpha value is -3.70. The average Bonchev–Trinajstić information content (AvgIpc) is 2.99. The summed E-state index contributed by atoms with van der Waals surface area (Å²) in [7, 11) is -1.58. The Morgan fingerprint density at radius 2 is 1.61 bits per heavy atom. The molecule has 1 saturated heterocycles. The van der Waals surface area contributed by atoms with Crippen molar-refractivity contribution in [1.82, 2.24) is 15.5 Å². The molecule has 236 valence electrons. The minimum atomic E-state index is -1.58. The van der Waals surface area contributed by atoms with Gasteiger partial charge in [0, 0.05) is 18.8 Å². The summed E-state index contributed by atoms with van der Waals surface area (Å²) in [5.74, 6) is -1.76. The maximum atomic E-state index is 13.7. The van der Waals surface area contributed by atoms with Gasteiger partial charge in [0.05, 0.1) is 16.6 Å². The van der Waals surface area contributed by atoms with E-state index in [2.05, 4.69) is 10.6 Å². The van der Waals surface area contributed by atoms with E-state index in [1.807, 2.05) is 60.7 Å². The summed E-state index contributed by atoms with van der Waals surface area (Å²) in [6.45, 7) is 5.77. The number of fused-ring (bicyclic) bond motifs is 1. The van der Waals surface area contributed by atoms with Gasteiger partial charge in [0.1, 0.15) is 22.7 Å². The van der Waals surface area contributed by atoms with Gasteiger partial charge < -0.3 is 20.1 Å². The van der Waals surface area contributed by atoms with Crippen molar-refractivity contribution in [2.24, 2.45) is 0 Å². The summed E-state index contributed by atoms with van der Waals surface area (Å²) in [5, 5.41) is 4.47. The highest BCUT2D eigenvalue weighted by Crippen LogP contribution is 2.37. The van der Waals surface area contributed by atoms with Crippen LogP contribution in [-0.4, -0.2) is 68.2 Å². The Balaban J connectivity index is 1.36. The fourth-order valence-corrected chi connectivity index (χ4v) is 7.05. The van der Waals surface area contributed by atoms with Crippen LogP contribution in [0.3, 0.4) is 0 Å². The Labute approximate surface area is 264 Å². The van der Waals surface area contributed by atoms with Gasteiger partial charge in [-0.05, 0) is 50.3 Å². The molecule has 0 radical (unpaired) electrons. The van der Waals surface area contributed by atoms with Gasteiger partial charge in [-0.3, -0.25) is 18.7 Å². The van der Waals surface area contributed by atoms with Gasteiger partial charge >= 0.3 is 12.1 Å². The number of hydrogen-bond acceptors (Lipinski definition) is 7. The molecule has 0 spiro atoms. The molecular weight excluding hydrogens is 606 g/mol. The van der Waals surface area contributed by atoms with Gasteiger partial charge in [0.15, 0.2) is 6.10 Å². The molecule has 0 aliphatic carbocycles. The van der Waals surface area contributed by atoms with Crippen LogP contribution in [0.4, 0.5) is 4.79 Å². The first-order chi connectivity index (χ1) is 21.0. The number of alkyl halides is 1. The molecule has 2 heterocycles. The number of nitrogens with zero attached hydrogens (tertiary/aromatic N) is 1. The number of halogens is 1. The maximum absolute atomic E-state index is 13.7. The van der Waals surface area contributed by atoms with Gasteiger partial charge in [-0.2, -0.15) is 0 Å². The first kappa shape index (κ1) is 33.2. The lowest BCUT2D eigenvalue weighted by Gasteiger charge is -2.49. The summed E-state index contributed by atoms with van der Waals surface area (Å²) in [5.41, 5.74) is 1.25. The Bertz CT molecular complexity index is 1370. The molecule has 2 aliphatic heterocycles. The average molecular weight is 644 g/mol. The molecule has 44 heavy (non-hydrogen) atoms. The van der Waals surface area contributed by atoms with Gasteiger partial charge in [-0.25, -0.2) is 9.59 Å². The molecule has 3 atom stereocenters. The molecule has 1 fully saturated rings. The fourth-order valence-electron chi connectivity index (χ4n) is 5.03. The number of benzene rings is 2. The van der Waals surface area contributed by atoms with E-state index >= 15 is 0 Å². The minimum Gasteiger partial charge on any atom is -0.448 e. The third-order valence-corrected chi connectivity index (χ3v) is 9.03. The number of carbonyl (C=O) groups is 4. The second-order valence-corrected chi connectivity index (χ2v) is 13.4. The molecule has 2 aromatic rings. The third kappa shape index (κ3) is 8.26. The van der Waals surface area contributed by atoms with Crippen LogP contribution in [-0.2, 0) is 34.7 Å². The number of amides is 3. The molecule has 2 aromatic carbocycles. The molecule has 0 bridgehead atoms. The number of hydrogen-bond donors (Lipinski definition) is 2. The topological polar surface area (TPSA) is 131 Å². The summed E-state index contributed by atoms with van der Waals surface area (Å²) in [6, 6.07) is 17.5. The standard InChI is InChI=1S/C32H38ClN3O7S/c1-32(2,3)43-31(40)34-18-12-6-11-17-24(37)35-25-28(38)36-26(23(19-33)20-44(41)29(25)36)30(39)42-27(21-13-7-4-8-14-21)22-15-9-5-10-16-22/h4-5,7-10,13-16,25,27,29H,6,11-12,17-20H2,1-3H3,(H,34,40)(H,35,37). The molecule has 0 aromatic heterocycles. The normalized spacial score (nSPS) is 19.6. The van der Waals surface area contributed by atoms with Crippen LogP contribution in [0, 0.1) is 0 Å². The summed E-state index contributed by atoms with van der Waals surface area (Å²) < 4.78 is 24.3. The van der Waals surface area contributed by atoms with Gasteiger partial charge in [-0.1, -0.05) is 67.1 Å². The van der Waals surface area contributed by atoms with E-state index < -0.39 is 51.9 Å². The van der Waals surface area contributed by atoms with Crippen LogP contribution < -0.4 is 10.6 Å². The van der Waals surface area contributed by atoms with E-state index in [4.69, 9.17) is 21.1 Å². The largest absolute Gasteiger partial charge is 0.448 e. The smallest absolute Gasteiger partial charge is 0.407 e. The third-order valence-electron chi connectivity index (χ3n) is 7.05. The highest BCUT2D eigenvalue weighted by Gasteiger charge is 2.57. The van der Waals surface area contributed by atoms with Gasteiger partial charge in [0.2, 0.25) is 5.91 Å². The van der Waals surface area contributed by atoms with Gasteiger partial charge in [-0.15, -0.1) is 11.6 Å². The van der Waals surface area contributed by atoms with Crippen molar-refractivity contribution in [3.63, 3.8) is 0 Å². The van der Waals surface area contributed by atoms with Crippen molar-refractivity contribution in [2.45, 2.75) is 69.6 Å². The zero-order chi connectivity index (χ0) is 31.9. The van der Waals surface area contributed by atoms with E-state index in [1.165, 1.54) is 4.90 Å². The van der Waals surface area contributed by atoms with Crippen molar-refractivity contribution >= 4 is 46.3 Å². The number of nitrogens with one attached hydrogen (secondary N) is 2. The second kappa shape index (κ2) is 14.9. The maximum Gasteiger partial charge on any atom is 0.407 e. The van der Waals surface area contributed by atoms with Crippen molar-refractivity contribution in [3.8, 4) is 0 Å². The summed E-state index contributed by atoms with van der Waals surface area (Å²) in [4.78, 5) is 52.5. The number of alkyl carbamates (subject to hydrolysis) is 1. The number of unbranched alkanes of at least 4 members (excludes halogenated alkanes) is 2. The van der Waals surface area contributed by atoms with E-state index in [0.717, 1.165) is 11.1 Å². The highest BCUT2D eigenvalue weighted by molar-refractivity contribution is 7.86. The van der Waals surface area contributed by atoms with Crippen LogP contribution in [0.2, 0.25) is 0 Å². The molecular formula is C32H38ClN3O7S. The minimum absolute atomic E-state index is 0.0132. The van der Waals surface area contributed by atoms with E-state index in [-0.39, 0.29) is 29.7 Å². The number of ether oxygens (including phenoxy) is 2. The molecule has 3 unspecified atom stereocenters. The lowest BCUT2D eigenvalue weighted by molar-refractivity contribution is -0.154. The highest BCUT2D eigenvalue weighted by atomic mass is 35.5. The van der Waals surface area contributed by atoms with Crippen molar-refractivity contribution < 1.29 is 32.9 Å². The van der Waals surface area contributed by atoms with Crippen LogP contribution in [0.15, 0.2) is 71.9 Å². The van der Waals surface area contributed by atoms with Gasteiger partial charge in [0.25, 0.3) is 5.91 Å². The van der Waals surface area contributed by atoms with Crippen LogP contribution in [0.25, 0.3) is 0 Å². The van der Waals surface area contributed by atoms with Crippen molar-refractivity contribution in [2.75, 3.05) is 18.2 Å². The Morgan fingerprint density at radius 1 is 1.00 bits per heavy atom. The second-order valence-electron chi connectivity index (χ2n) is 11.6. The predicted molar refractivity (Wildman–Crippen MR) is 167 cm³/mol. The summed E-state index contributed by atoms with van der Waals surface area (Å²) in [6.07, 6.45) is 0.780. The number of carbonyl (C=O) groups excluding carboxylic acids is 4. The van der Waals surface area contributed by atoms with E-state index in [9.17, 15) is 23.4 Å².